The monoisotopic (exact) mass is 758 g/mol. The molecule has 4 aromatic carbocycles. The Morgan fingerprint density at radius 1 is 0.644 bits per heavy atom. The van der Waals surface area contributed by atoms with Crippen molar-refractivity contribution in [3.05, 3.63) is 221 Å². The van der Waals surface area contributed by atoms with Crippen molar-refractivity contribution in [3.63, 3.8) is 0 Å². The van der Waals surface area contributed by atoms with Crippen LogP contribution in [0.25, 0.3) is 28.9 Å². The van der Waals surface area contributed by atoms with Crippen LogP contribution in [0.3, 0.4) is 0 Å². The highest BCUT2D eigenvalue weighted by molar-refractivity contribution is 5.88. The molecule has 2 heterocycles. The van der Waals surface area contributed by atoms with E-state index in [0.717, 1.165) is 73.4 Å². The minimum absolute atomic E-state index is 0.0644. The highest BCUT2D eigenvalue weighted by atomic mass is 15.2. The lowest BCUT2D eigenvalue weighted by Gasteiger charge is -2.48. The molecule has 280 valence electrons. The van der Waals surface area contributed by atoms with Crippen molar-refractivity contribution in [1.29, 1.82) is 10.5 Å². The van der Waals surface area contributed by atoms with Crippen molar-refractivity contribution in [3.8, 4) is 23.3 Å². The summed E-state index contributed by atoms with van der Waals surface area (Å²) in [6, 6.07) is 47.9. The first-order valence-corrected chi connectivity index (χ1v) is 19.9. The lowest BCUT2D eigenvalue weighted by atomic mass is 9.57. The van der Waals surface area contributed by atoms with Gasteiger partial charge in [0.15, 0.2) is 0 Å². The van der Waals surface area contributed by atoms with Gasteiger partial charge in [0.05, 0.1) is 34.6 Å². The van der Waals surface area contributed by atoms with E-state index in [4.69, 9.17) is 9.97 Å². The van der Waals surface area contributed by atoms with E-state index in [0.29, 0.717) is 12.0 Å². The van der Waals surface area contributed by atoms with Gasteiger partial charge in [-0.3, -0.25) is 9.80 Å². The van der Waals surface area contributed by atoms with Crippen molar-refractivity contribution in [2.75, 3.05) is 9.80 Å². The molecule has 2 aromatic heterocycles. The van der Waals surface area contributed by atoms with Crippen molar-refractivity contribution in [1.82, 2.24) is 9.97 Å². The van der Waals surface area contributed by atoms with Crippen LogP contribution in [0.4, 0.5) is 23.0 Å². The Kier molecular flexibility index (Phi) is 8.82. The van der Waals surface area contributed by atoms with E-state index in [2.05, 4.69) is 120 Å². The summed E-state index contributed by atoms with van der Waals surface area (Å²) in [6.07, 6.45) is 22.0. The molecule has 4 aliphatic carbocycles. The standard InChI is InChI=1S/C53H38N6/c1-53-43-22-24-44-48(58(50-16-8-10-30-56-50)46-26-20-39(32-41(46)34-54)36-12-4-2-5-13-36)28-19-38(52(44)53)18-25-45(53)49(29-23-43)59(51-17-9-11-31-57-51)47-27-21-40(33-42(47)35-55)37-14-6-3-7-15-37/h2-31,33,41,43H,32H2,1H3. The van der Waals surface area contributed by atoms with Gasteiger partial charge in [0.1, 0.15) is 17.7 Å². The number of benzene rings is 4. The van der Waals surface area contributed by atoms with Crippen molar-refractivity contribution in [2.24, 2.45) is 11.8 Å². The van der Waals surface area contributed by atoms with E-state index < -0.39 is 11.3 Å². The average molecular weight is 759 g/mol. The predicted molar refractivity (Wildman–Crippen MR) is 237 cm³/mol. The second kappa shape index (κ2) is 14.6. The van der Waals surface area contributed by atoms with Gasteiger partial charge >= 0.3 is 0 Å². The molecule has 0 radical (unpaired) electrons. The summed E-state index contributed by atoms with van der Waals surface area (Å²) >= 11 is 0. The summed E-state index contributed by atoms with van der Waals surface area (Å²) in [6.45, 7) is 2.34. The largest absolute Gasteiger partial charge is 0.297 e. The number of nitrogens with zero attached hydrogens (tertiary/aromatic N) is 6. The molecule has 0 saturated heterocycles. The van der Waals surface area contributed by atoms with Gasteiger partial charge in [-0.15, -0.1) is 0 Å². The van der Waals surface area contributed by atoms with Gasteiger partial charge in [-0.1, -0.05) is 128 Å². The van der Waals surface area contributed by atoms with Crippen LogP contribution < -0.4 is 9.80 Å². The molecule has 10 rings (SSSR count). The summed E-state index contributed by atoms with van der Waals surface area (Å²) in [7, 11) is 0. The number of rotatable bonds is 8. The molecule has 6 heteroatoms. The fourth-order valence-electron chi connectivity index (χ4n) is 9.29. The van der Waals surface area contributed by atoms with E-state index in [1.807, 2.05) is 91.1 Å². The van der Waals surface area contributed by atoms with E-state index in [9.17, 15) is 10.5 Å². The first-order chi connectivity index (χ1) is 29.1. The zero-order chi connectivity index (χ0) is 39.9. The van der Waals surface area contributed by atoms with Crippen LogP contribution in [-0.2, 0) is 5.41 Å². The summed E-state index contributed by atoms with van der Waals surface area (Å²) in [5.41, 5.74) is 12.5. The van der Waals surface area contributed by atoms with E-state index >= 15 is 0 Å². The maximum atomic E-state index is 10.7. The number of pyridine rings is 2. The summed E-state index contributed by atoms with van der Waals surface area (Å²) in [5.74, 6) is 1.14. The van der Waals surface area contributed by atoms with E-state index in [1.165, 1.54) is 5.56 Å². The molecular weight excluding hydrogens is 721 g/mol. The lowest BCUT2D eigenvalue weighted by molar-refractivity contribution is 0.464. The van der Waals surface area contributed by atoms with Crippen molar-refractivity contribution < 1.29 is 0 Å². The fourth-order valence-corrected chi connectivity index (χ4v) is 9.29. The van der Waals surface area contributed by atoms with Gasteiger partial charge in [-0.25, -0.2) is 9.97 Å². The maximum absolute atomic E-state index is 10.7. The maximum Gasteiger partial charge on any atom is 0.137 e. The third-order valence-electron chi connectivity index (χ3n) is 12.1. The van der Waals surface area contributed by atoms with Gasteiger partial charge in [0.25, 0.3) is 0 Å². The van der Waals surface area contributed by atoms with Crippen LogP contribution in [0.5, 0.6) is 0 Å². The van der Waals surface area contributed by atoms with Crippen LogP contribution in [0.1, 0.15) is 41.2 Å². The van der Waals surface area contributed by atoms with Gasteiger partial charge in [-0.05, 0) is 100 Å². The Morgan fingerprint density at radius 2 is 1.32 bits per heavy atom. The molecule has 59 heavy (non-hydrogen) atoms. The SMILES string of the molecule is CC12C3=C(N(c4ccccn4)c4ccc(-c5ccccc5)cc4C#N)C=CC1C=Cc1c(N(C4=CC=C(c5ccccc5)CC4C#N)c4ccccn4)ccc(c12)C=C3. The second-order valence-electron chi connectivity index (χ2n) is 15.3. The fraction of sp³-hybridized carbons (Fsp3) is 0.0943. The smallest absolute Gasteiger partial charge is 0.137 e. The zero-order valence-electron chi connectivity index (χ0n) is 32.4. The molecular formula is C53H38N6. The quantitative estimate of drug-likeness (QED) is 0.154. The summed E-state index contributed by atoms with van der Waals surface area (Å²) in [4.78, 5) is 14.1. The summed E-state index contributed by atoms with van der Waals surface area (Å²) < 4.78 is 0. The molecule has 4 aliphatic rings. The predicted octanol–water partition coefficient (Wildman–Crippen LogP) is 12.3. The Labute approximate surface area is 344 Å². The number of hydrogen-bond acceptors (Lipinski definition) is 6. The Bertz CT molecular complexity index is 2890. The minimum Gasteiger partial charge on any atom is -0.297 e. The number of hydrogen-bond donors (Lipinski definition) is 0. The van der Waals surface area contributed by atoms with Crippen LogP contribution in [0.2, 0.25) is 0 Å². The number of aromatic nitrogens is 2. The second-order valence-corrected chi connectivity index (χ2v) is 15.3. The number of allylic oxidation sites excluding steroid dienone is 9. The molecule has 0 aliphatic heterocycles. The van der Waals surface area contributed by atoms with Crippen molar-refractivity contribution in [2.45, 2.75) is 18.8 Å². The molecule has 3 unspecified atom stereocenters. The van der Waals surface area contributed by atoms with Crippen LogP contribution in [-0.4, -0.2) is 9.97 Å². The third kappa shape index (κ3) is 5.93. The highest BCUT2D eigenvalue weighted by Gasteiger charge is 2.47. The van der Waals surface area contributed by atoms with E-state index in [1.54, 1.807) is 6.20 Å². The number of anilines is 4. The molecule has 0 bridgehead atoms. The minimum atomic E-state index is -0.482. The topological polar surface area (TPSA) is 79.8 Å². The molecule has 0 spiro atoms. The van der Waals surface area contributed by atoms with Gasteiger partial charge < -0.3 is 0 Å². The Balaban J connectivity index is 1.15. The highest BCUT2D eigenvalue weighted by Crippen LogP contribution is 2.57. The Morgan fingerprint density at radius 3 is 2.02 bits per heavy atom. The molecule has 0 fully saturated rings. The average Bonchev–Trinajstić information content (AvgIpc) is 3.30. The molecule has 6 nitrogen and oxygen atoms in total. The van der Waals surface area contributed by atoms with Crippen LogP contribution >= 0.6 is 0 Å². The zero-order valence-corrected chi connectivity index (χ0v) is 32.4. The van der Waals surface area contributed by atoms with Gasteiger partial charge in [-0.2, -0.15) is 10.5 Å². The molecule has 0 amide bonds. The molecule has 6 aromatic rings. The number of nitriles is 2. The van der Waals surface area contributed by atoms with Gasteiger partial charge in [0, 0.05) is 35.0 Å². The normalized spacial score (nSPS) is 19.5. The first-order valence-electron chi connectivity index (χ1n) is 19.9. The lowest BCUT2D eigenvalue weighted by Crippen LogP contribution is -2.41. The summed E-state index contributed by atoms with van der Waals surface area (Å²) in [5, 5.41) is 21.4. The third-order valence-corrected chi connectivity index (χ3v) is 12.1. The van der Waals surface area contributed by atoms with Crippen LogP contribution in [0.15, 0.2) is 193 Å². The molecule has 0 saturated carbocycles. The van der Waals surface area contributed by atoms with Gasteiger partial charge in [0.2, 0.25) is 0 Å². The van der Waals surface area contributed by atoms with Crippen molar-refractivity contribution >= 4 is 40.7 Å². The molecule has 3 atom stereocenters. The first kappa shape index (κ1) is 35.6. The Hall–Kier alpha value is -7.80. The molecule has 0 N–H and O–H groups in total. The van der Waals surface area contributed by atoms with E-state index in [-0.39, 0.29) is 5.92 Å². The van der Waals surface area contributed by atoms with Crippen LogP contribution in [0, 0.1) is 34.5 Å².